The Labute approximate surface area is 140 Å². The second kappa shape index (κ2) is 6.77. The number of rotatable bonds is 5. The van der Waals surface area contributed by atoms with E-state index in [4.69, 9.17) is 27.9 Å². The molecule has 118 valence electrons. The van der Waals surface area contributed by atoms with Gasteiger partial charge in [-0.1, -0.05) is 23.2 Å². The van der Waals surface area contributed by atoms with E-state index in [0.717, 1.165) is 0 Å². The summed E-state index contributed by atoms with van der Waals surface area (Å²) >= 11 is 11.6. The number of anilines is 1. The average Bonchev–Trinajstić information content (AvgIpc) is 2.43. The van der Waals surface area contributed by atoms with Crippen LogP contribution in [0.4, 0.5) is 5.69 Å². The average molecular weight is 360 g/mol. The van der Waals surface area contributed by atoms with Crippen LogP contribution in [-0.4, -0.2) is 14.5 Å². The van der Waals surface area contributed by atoms with Crippen molar-refractivity contribution in [2.24, 2.45) is 0 Å². The van der Waals surface area contributed by atoms with Crippen molar-refractivity contribution in [3.05, 3.63) is 52.5 Å². The molecule has 0 aliphatic heterocycles. The fourth-order valence-electron chi connectivity index (χ4n) is 1.73. The molecule has 0 bridgehead atoms. The minimum absolute atomic E-state index is 0.0457. The van der Waals surface area contributed by atoms with Crippen LogP contribution in [0.2, 0.25) is 10.0 Å². The second-order valence-corrected chi connectivity index (χ2v) is 7.37. The van der Waals surface area contributed by atoms with E-state index in [1.165, 1.54) is 18.2 Å². The molecule has 0 aliphatic rings. The Hall–Kier alpha value is -1.43. The van der Waals surface area contributed by atoms with Crippen molar-refractivity contribution in [3.63, 3.8) is 0 Å². The van der Waals surface area contributed by atoms with Crippen LogP contribution in [0.1, 0.15) is 13.8 Å². The van der Waals surface area contributed by atoms with Gasteiger partial charge in [0, 0.05) is 5.69 Å². The van der Waals surface area contributed by atoms with E-state index in [1.807, 2.05) is 13.8 Å². The first-order valence-corrected chi connectivity index (χ1v) is 8.76. The molecule has 1 N–H and O–H groups in total. The van der Waals surface area contributed by atoms with Crippen LogP contribution < -0.4 is 9.46 Å². The highest BCUT2D eigenvalue weighted by Crippen LogP contribution is 2.26. The Kier molecular flexibility index (Phi) is 5.21. The van der Waals surface area contributed by atoms with Crippen LogP contribution in [-0.2, 0) is 10.0 Å². The molecular weight excluding hydrogens is 345 g/mol. The number of benzene rings is 2. The summed E-state index contributed by atoms with van der Waals surface area (Å²) in [5, 5.41) is 0.487. The van der Waals surface area contributed by atoms with Crippen molar-refractivity contribution >= 4 is 38.9 Å². The second-order valence-electron chi connectivity index (χ2n) is 4.87. The van der Waals surface area contributed by atoms with Crippen molar-refractivity contribution in [1.29, 1.82) is 0 Å². The van der Waals surface area contributed by atoms with Crippen LogP contribution in [0.5, 0.6) is 5.75 Å². The highest BCUT2D eigenvalue weighted by molar-refractivity contribution is 7.92. The largest absolute Gasteiger partial charge is 0.491 e. The molecule has 7 heteroatoms. The lowest BCUT2D eigenvalue weighted by Crippen LogP contribution is -2.13. The molecule has 0 unspecified atom stereocenters. The standard InChI is InChI=1S/C15H15Cl2NO3S/c1-10(2)21-12-5-3-11(4-6-12)18-22(19,20)13-7-8-14(16)15(17)9-13/h3-10,18H,1-2H3. The molecule has 2 rings (SSSR count). The number of ether oxygens (including phenoxy) is 1. The summed E-state index contributed by atoms with van der Waals surface area (Å²) in [6.07, 6.45) is 0.0544. The van der Waals surface area contributed by atoms with Gasteiger partial charge in [0.1, 0.15) is 5.75 Å². The molecule has 0 heterocycles. The quantitative estimate of drug-likeness (QED) is 0.849. The minimum Gasteiger partial charge on any atom is -0.491 e. The number of halogens is 2. The Morgan fingerprint density at radius 3 is 2.18 bits per heavy atom. The van der Waals surface area contributed by atoms with Crippen LogP contribution in [0, 0.1) is 0 Å². The van der Waals surface area contributed by atoms with Gasteiger partial charge >= 0.3 is 0 Å². The molecule has 0 fully saturated rings. The third-order valence-corrected chi connectivity index (χ3v) is 4.80. The Morgan fingerprint density at radius 2 is 1.64 bits per heavy atom. The van der Waals surface area contributed by atoms with Gasteiger partial charge in [-0.05, 0) is 56.3 Å². The highest BCUT2D eigenvalue weighted by Gasteiger charge is 2.15. The zero-order valence-electron chi connectivity index (χ0n) is 12.0. The topological polar surface area (TPSA) is 55.4 Å². The molecule has 0 aromatic heterocycles. The monoisotopic (exact) mass is 359 g/mol. The molecule has 0 radical (unpaired) electrons. The molecule has 0 aliphatic carbocycles. The number of hydrogen-bond acceptors (Lipinski definition) is 3. The van der Waals surface area contributed by atoms with Crippen LogP contribution in [0.15, 0.2) is 47.4 Å². The molecular formula is C15H15Cl2NO3S. The van der Waals surface area contributed by atoms with Crippen molar-refractivity contribution < 1.29 is 13.2 Å². The third kappa shape index (κ3) is 4.29. The van der Waals surface area contributed by atoms with Crippen molar-refractivity contribution in [3.8, 4) is 5.75 Å². The summed E-state index contributed by atoms with van der Waals surface area (Å²) in [4.78, 5) is 0.0457. The number of sulfonamides is 1. The van der Waals surface area contributed by atoms with Gasteiger partial charge in [0.2, 0.25) is 0 Å². The summed E-state index contributed by atoms with van der Waals surface area (Å²) in [7, 11) is -3.72. The maximum atomic E-state index is 12.3. The van der Waals surface area contributed by atoms with E-state index in [0.29, 0.717) is 16.5 Å². The summed E-state index contributed by atoms with van der Waals surface area (Å²) in [5.74, 6) is 0.674. The zero-order valence-corrected chi connectivity index (χ0v) is 14.3. The van der Waals surface area contributed by atoms with Crippen molar-refractivity contribution in [1.82, 2.24) is 0 Å². The van der Waals surface area contributed by atoms with Gasteiger partial charge in [-0.25, -0.2) is 8.42 Å². The van der Waals surface area contributed by atoms with Gasteiger partial charge in [0.15, 0.2) is 0 Å². The van der Waals surface area contributed by atoms with E-state index >= 15 is 0 Å². The normalized spacial score (nSPS) is 11.5. The summed E-state index contributed by atoms with van der Waals surface area (Å²) in [5.41, 5.74) is 0.433. The van der Waals surface area contributed by atoms with Gasteiger partial charge in [-0.2, -0.15) is 0 Å². The number of nitrogens with one attached hydrogen (secondary N) is 1. The Balaban J connectivity index is 2.19. The fourth-order valence-corrected chi connectivity index (χ4v) is 3.18. The molecule has 22 heavy (non-hydrogen) atoms. The Morgan fingerprint density at radius 1 is 1.00 bits per heavy atom. The summed E-state index contributed by atoms with van der Waals surface area (Å²) in [6, 6.07) is 10.8. The first-order chi connectivity index (χ1) is 10.3. The lowest BCUT2D eigenvalue weighted by molar-refractivity contribution is 0.242. The van der Waals surface area contributed by atoms with Gasteiger partial charge in [-0.3, -0.25) is 4.72 Å². The lowest BCUT2D eigenvalue weighted by atomic mass is 10.3. The molecule has 2 aromatic carbocycles. The third-order valence-electron chi connectivity index (χ3n) is 2.68. The molecule has 2 aromatic rings. The van der Waals surface area contributed by atoms with E-state index in [2.05, 4.69) is 4.72 Å². The van der Waals surface area contributed by atoms with Crippen LogP contribution in [0.25, 0.3) is 0 Å². The van der Waals surface area contributed by atoms with Crippen molar-refractivity contribution in [2.75, 3.05) is 4.72 Å². The van der Waals surface area contributed by atoms with Crippen molar-refractivity contribution in [2.45, 2.75) is 24.8 Å². The maximum Gasteiger partial charge on any atom is 0.261 e. The fraction of sp³-hybridized carbons (Fsp3) is 0.200. The van der Waals surface area contributed by atoms with E-state index < -0.39 is 10.0 Å². The SMILES string of the molecule is CC(C)Oc1ccc(NS(=O)(=O)c2ccc(Cl)c(Cl)c2)cc1. The number of hydrogen-bond donors (Lipinski definition) is 1. The molecule has 4 nitrogen and oxygen atoms in total. The first kappa shape index (κ1) is 16.9. The van der Waals surface area contributed by atoms with E-state index in [-0.39, 0.29) is 16.0 Å². The molecule has 0 spiro atoms. The lowest BCUT2D eigenvalue weighted by Gasteiger charge is -2.12. The molecule has 0 amide bonds. The molecule has 0 atom stereocenters. The molecule has 0 saturated carbocycles. The minimum atomic E-state index is -3.72. The predicted molar refractivity (Wildman–Crippen MR) is 89.5 cm³/mol. The van der Waals surface area contributed by atoms with E-state index in [1.54, 1.807) is 24.3 Å². The Bertz CT molecular complexity index is 759. The van der Waals surface area contributed by atoms with Gasteiger partial charge in [0.05, 0.1) is 21.0 Å². The zero-order chi connectivity index (χ0) is 16.3. The highest BCUT2D eigenvalue weighted by atomic mass is 35.5. The predicted octanol–water partition coefficient (Wildman–Crippen LogP) is 4.58. The smallest absolute Gasteiger partial charge is 0.261 e. The summed E-state index contributed by atoms with van der Waals surface area (Å²) < 4.78 is 32.5. The van der Waals surface area contributed by atoms with E-state index in [9.17, 15) is 8.42 Å². The van der Waals surface area contributed by atoms with Gasteiger partial charge < -0.3 is 4.74 Å². The maximum absolute atomic E-state index is 12.3. The summed E-state index contributed by atoms with van der Waals surface area (Å²) in [6.45, 7) is 3.84. The van der Waals surface area contributed by atoms with Gasteiger partial charge in [-0.15, -0.1) is 0 Å². The van der Waals surface area contributed by atoms with Crippen LogP contribution in [0.3, 0.4) is 0 Å². The van der Waals surface area contributed by atoms with Gasteiger partial charge in [0.25, 0.3) is 10.0 Å². The van der Waals surface area contributed by atoms with Crippen LogP contribution >= 0.6 is 23.2 Å². The molecule has 0 saturated heterocycles. The first-order valence-electron chi connectivity index (χ1n) is 6.52.